The third-order valence-corrected chi connectivity index (χ3v) is 5.56. The molecule has 29 heavy (non-hydrogen) atoms. The minimum absolute atomic E-state index is 0.149. The summed E-state index contributed by atoms with van der Waals surface area (Å²) in [6, 6.07) is 11.5. The second-order valence-corrected chi connectivity index (χ2v) is 7.03. The van der Waals surface area contributed by atoms with Crippen LogP contribution in [-0.4, -0.2) is 45.4 Å². The summed E-state index contributed by atoms with van der Waals surface area (Å²) < 4.78 is 21.6. The van der Waals surface area contributed by atoms with Gasteiger partial charge in [-0.2, -0.15) is 0 Å². The average Bonchev–Trinajstić information content (AvgIpc) is 3.15. The Morgan fingerprint density at radius 3 is 2.34 bits per heavy atom. The summed E-state index contributed by atoms with van der Waals surface area (Å²) in [6.07, 6.45) is 0.604. The van der Waals surface area contributed by atoms with E-state index in [9.17, 15) is 4.79 Å². The predicted molar refractivity (Wildman–Crippen MR) is 108 cm³/mol. The van der Waals surface area contributed by atoms with E-state index in [-0.39, 0.29) is 18.1 Å². The van der Waals surface area contributed by atoms with Crippen LogP contribution < -0.4 is 19.5 Å². The topological polar surface area (TPSA) is 86.4 Å². The Bertz CT molecular complexity index is 1030. The summed E-state index contributed by atoms with van der Waals surface area (Å²) in [6.45, 7) is 0. The van der Waals surface area contributed by atoms with Crippen molar-refractivity contribution >= 4 is 16.9 Å². The van der Waals surface area contributed by atoms with E-state index in [4.69, 9.17) is 18.9 Å². The Morgan fingerprint density at radius 2 is 1.72 bits per heavy atom. The molecular formula is C22H25N2O5+. The number of nitrogens with one attached hydrogen (secondary N) is 1. The van der Waals surface area contributed by atoms with E-state index in [2.05, 4.69) is 11.1 Å². The number of hydrogen-bond donors (Lipinski definition) is 2. The Hall–Kier alpha value is -3.19. The average molecular weight is 397 g/mol. The number of carbonyl (C=O) groups excluding carboxylic acids is 1. The molecule has 0 unspecified atom stereocenters. The van der Waals surface area contributed by atoms with Gasteiger partial charge in [0.25, 0.3) is 0 Å². The van der Waals surface area contributed by atoms with Crippen molar-refractivity contribution in [1.82, 2.24) is 4.98 Å². The van der Waals surface area contributed by atoms with Crippen molar-refractivity contribution in [2.45, 2.75) is 18.5 Å². The number of nitrogens with two attached hydrogens (primary N) is 1. The molecular weight excluding hydrogens is 372 g/mol. The van der Waals surface area contributed by atoms with Crippen molar-refractivity contribution in [2.24, 2.45) is 0 Å². The van der Waals surface area contributed by atoms with Gasteiger partial charge >= 0.3 is 5.97 Å². The number of aromatic nitrogens is 1. The molecule has 7 nitrogen and oxygen atoms in total. The molecule has 1 aliphatic heterocycles. The minimum atomic E-state index is -0.337. The summed E-state index contributed by atoms with van der Waals surface area (Å²) >= 11 is 0. The van der Waals surface area contributed by atoms with Crippen molar-refractivity contribution in [3.63, 3.8) is 0 Å². The number of para-hydroxylation sites is 1. The molecule has 0 saturated heterocycles. The Morgan fingerprint density at radius 1 is 1.03 bits per heavy atom. The first kappa shape index (κ1) is 19.1. The number of H-pyrrole nitrogens is 1. The van der Waals surface area contributed by atoms with E-state index in [1.54, 1.807) is 21.3 Å². The van der Waals surface area contributed by atoms with Gasteiger partial charge in [-0.25, -0.2) is 4.79 Å². The van der Waals surface area contributed by atoms with Gasteiger partial charge in [-0.05, 0) is 23.8 Å². The SMILES string of the molecule is COC(=O)[C@@H]1Cc2c([nH]c3ccccc23)[C@H](c2cc(OC)c(OC)c(OC)c2)[NH2+]1. The highest BCUT2D eigenvalue weighted by atomic mass is 16.5. The van der Waals surface area contributed by atoms with Crippen LogP contribution in [0.25, 0.3) is 10.9 Å². The summed E-state index contributed by atoms with van der Waals surface area (Å²) in [5, 5.41) is 3.16. The highest BCUT2D eigenvalue weighted by Gasteiger charge is 2.39. The van der Waals surface area contributed by atoms with E-state index in [1.807, 2.05) is 35.6 Å². The van der Waals surface area contributed by atoms with Gasteiger partial charge in [-0.3, -0.25) is 0 Å². The molecule has 0 spiro atoms. The molecule has 0 fully saturated rings. The number of esters is 1. The molecule has 0 amide bonds. The van der Waals surface area contributed by atoms with Gasteiger partial charge < -0.3 is 29.2 Å². The van der Waals surface area contributed by atoms with Gasteiger partial charge in [0.1, 0.15) is 0 Å². The number of rotatable bonds is 5. The second-order valence-electron chi connectivity index (χ2n) is 7.03. The quantitative estimate of drug-likeness (QED) is 0.643. The standard InChI is InChI=1S/C22H24N2O5/c1-26-17-9-12(10-18(27-2)21(17)28-3)19-20-14(11-16(24-19)22(25)29-4)13-7-5-6-8-15(13)23-20/h5-10,16,19,23-24H,11H2,1-4H3/p+1/t16-,19-/m0/s1. The number of quaternary nitrogens is 1. The van der Waals surface area contributed by atoms with Crippen LogP contribution in [0.4, 0.5) is 0 Å². The molecule has 1 aromatic heterocycles. The monoisotopic (exact) mass is 397 g/mol. The Balaban J connectivity index is 1.90. The van der Waals surface area contributed by atoms with Crippen LogP contribution in [-0.2, 0) is 16.0 Å². The van der Waals surface area contributed by atoms with Crippen molar-refractivity contribution in [3.05, 3.63) is 53.2 Å². The van der Waals surface area contributed by atoms with Crippen LogP contribution in [0.1, 0.15) is 22.9 Å². The van der Waals surface area contributed by atoms with E-state index in [0.717, 1.165) is 27.7 Å². The van der Waals surface area contributed by atoms with Crippen molar-refractivity contribution in [3.8, 4) is 17.2 Å². The molecule has 4 rings (SSSR count). The van der Waals surface area contributed by atoms with E-state index in [0.29, 0.717) is 23.7 Å². The largest absolute Gasteiger partial charge is 0.493 e. The fourth-order valence-corrected chi connectivity index (χ4v) is 4.19. The Labute approximate surface area is 168 Å². The van der Waals surface area contributed by atoms with E-state index in [1.165, 1.54) is 7.11 Å². The Kier molecular flexibility index (Phi) is 5.07. The summed E-state index contributed by atoms with van der Waals surface area (Å²) in [7, 11) is 6.19. The highest BCUT2D eigenvalue weighted by molar-refractivity contribution is 5.86. The minimum Gasteiger partial charge on any atom is -0.493 e. The third-order valence-electron chi connectivity index (χ3n) is 5.56. The lowest BCUT2D eigenvalue weighted by Gasteiger charge is -2.27. The maximum absolute atomic E-state index is 12.4. The first-order valence-corrected chi connectivity index (χ1v) is 9.43. The zero-order chi connectivity index (χ0) is 20.5. The number of carbonyl (C=O) groups is 1. The van der Waals surface area contributed by atoms with Crippen molar-refractivity contribution in [1.29, 1.82) is 0 Å². The molecule has 0 bridgehead atoms. The summed E-state index contributed by atoms with van der Waals surface area (Å²) in [5.41, 5.74) is 4.20. The molecule has 3 aromatic rings. The zero-order valence-corrected chi connectivity index (χ0v) is 16.9. The lowest BCUT2D eigenvalue weighted by atomic mass is 9.90. The van der Waals surface area contributed by atoms with E-state index < -0.39 is 0 Å². The van der Waals surface area contributed by atoms with Crippen LogP contribution in [0.3, 0.4) is 0 Å². The second kappa shape index (κ2) is 7.67. The molecule has 1 aliphatic rings. The van der Waals surface area contributed by atoms with Gasteiger partial charge in [0, 0.05) is 22.9 Å². The predicted octanol–water partition coefficient (Wildman–Crippen LogP) is 1.94. The van der Waals surface area contributed by atoms with Crippen molar-refractivity contribution < 1.29 is 29.1 Å². The first-order valence-electron chi connectivity index (χ1n) is 9.43. The molecule has 2 aromatic carbocycles. The van der Waals surface area contributed by atoms with Gasteiger partial charge in [-0.1, -0.05) is 18.2 Å². The summed E-state index contributed by atoms with van der Waals surface area (Å²) in [4.78, 5) is 16.0. The highest BCUT2D eigenvalue weighted by Crippen LogP contribution is 2.41. The van der Waals surface area contributed by atoms with E-state index >= 15 is 0 Å². The number of aromatic amines is 1. The van der Waals surface area contributed by atoms with Crippen LogP contribution >= 0.6 is 0 Å². The number of methoxy groups -OCH3 is 4. The van der Waals surface area contributed by atoms with Crippen molar-refractivity contribution in [2.75, 3.05) is 28.4 Å². The molecule has 0 saturated carbocycles. The molecule has 7 heteroatoms. The van der Waals surface area contributed by atoms with Gasteiger partial charge in [-0.15, -0.1) is 0 Å². The van der Waals surface area contributed by atoms with Gasteiger partial charge in [0.15, 0.2) is 23.6 Å². The molecule has 0 radical (unpaired) electrons. The smallest absolute Gasteiger partial charge is 0.364 e. The molecule has 2 atom stereocenters. The van der Waals surface area contributed by atoms with Crippen LogP contribution in [0.15, 0.2) is 36.4 Å². The number of fused-ring (bicyclic) bond motifs is 3. The van der Waals surface area contributed by atoms with Crippen LogP contribution in [0.5, 0.6) is 17.2 Å². The molecule has 3 N–H and O–H groups in total. The maximum atomic E-state index is 12.4. The van der Waals surface area contributed by atoms with Crippen LogP contribution in [0, 0.1) is 0 Å². The lowest BCUT2D eigenvalue weighted by Crippen LogP contribution is -2.94. The lowest BCUT2D eigenvalue weighted by molar-refractivity contribution is -0.712. The zero-order valence-electron chi connectivity index (χ0n) is 16.9. The number of hydrogen-bond acceptors (Lipinski definition) is 5. The normalized spacial score (nSPS) is 18.2. The molecule has 2 heterocycles. The fourth-order valence-electron chi connectivity index (χ4n) is 4.19. The molecule has 152 valence electrons. The summed E-state index contributed by atoms with van der Waals surface area (Å²) in [5.74, 6) is 1.45. The fraction of sp³-hybridized carbons (Fsp3) is 0.318. The van der Waals surface area contributed by atoms with Gasteiger partial charge in [0.05, 0.1) is 34.1 Å². The number of benzene rings is 2. The maximum Gasteiger partial charge on any atom is 0.364 e. The third kappa shape index (κ3) is 3.17. The van der Waals surface area contributed by atoms with Gasteiger partial charge in [0.2, 0.25) is 5.75 Å². The molecule has 0 aliphatic carbocycles. The van der Waals surface area contributed by atoms with Crippen LogP contribution in [0.2, 0.25) is 0 Å². The number of ether oxygens (including phenoxy) is 4. The first-order chi connectivity index (χ1) is 14.1.